The van der Waals surface area contributed by atoms with Crippen LogP contribution in [0.4, 0.5) is 0 Å². The molecule has 1 fully saturated rings. The van der Waals surface area contributed by atoms with Crippen LogP contribution in [0.25, 0.3) is 0 Å². The van der Waals surface area contributed by atoms with E-state index in [2.05, 4.69) is 64.5 Å². The number of allylic oxidation sites excluding steroid dienone is 2. The molecule has 0 saturated heterocycles. The number of hydrogen-bond donors (Lipinski definition) is 0. The number of rotatable bonds is 2. The van der Waals surface area contributed by atoms with Crippen LogP contribution in [0.2, 0.25) is 39.3 Å². The van der Waals surface area contributed by atoms with Crippen LogP contribution >= 0.6 is 0 Å². The monoisotopic (exact) mass is 280 g/mol. The van der Waals surface area contributed by atoms with Gasteiger partial charge in [-0.3, -0.25) is 0 Å². The van der Waals surface area contributed by atoms with Gasteiger partial charge in [-0.1, -0.05) is 75.7 Å². The van der Waals surface area contributed by atoms with Crippen LogP contribution in [0, 0.1) is 11.8 Å². The normalized spacial score (nSPS) is 31.1. The molecule has 1 saturated carbocycles. The highest BCUT2D eigenvalue weighted by molar-refractivity contribution is 6.82. The molecule has 1 aliphatic carbocycles. The first-order chi connectivity index (χ1) is 7.98. The summed E-state index contributed by atoms with van der Waals surface area (Å²) >= 11 is 0. The van der Waals surface area contributed by atoms with E-state index in [1.807, 2.05) is 0 Å². The van der Waals surface area contributed by atoms with E-state index in [-0.39, 0.29) is 0 Å². The second kappa shape index (κ2) is 5.50. The molecule has 0 aliphatic heterocycles. The van der Waals surface area contributed by atoms with E-state index in [1.165, 1.54) is 12.8 Å². The molecule has 2 atom stereocenters. The Labute approximate surface area is 117 Å². The zero-order valence-electron chi connectivity index (χ0n) is 13.7. The van der Waals surface area contributed by atoms with Crippen molar-refractivity contribution in [2.24, 2.45) is 11.8 Å². The summed E-state index contributed by atoms with van der Waals surface area (Å²) in [7, 11) is -2.20. The molecule has 104 valence electrons. The second-order valence-electron chi connectivity index (χ2n) is 8.43. The molecular formula is C16H32Si2. The summed E-state index contributed by atoms with van der Waals surface area (Å²) in [5.74, 6) is 1.71. The summed E-state index contributed by atoms with van der Waals surface area (Å²) in [6.07, 6.45) is 2.61. The van der Waals surface area contributed by atoms with Gasteiger partial charge in [-0.15, -0.1) is 0 Å². The zero-order chi connectivity index (χ0) is 14.1. The fourth-order valence-electron chi connectivity index (χ4n) is 2.71. The molecule has 2 heteroatoms. The summed E-state index contributed by atoms with van der Waals surface area (Å²) in [4.78, 5) is 0. The van der Waals surface area contributed by atoms with Gasteiger partial charge >= 0.3 is 0 Å². The van der Waals surface area contributed by atoms with Gasteiger partial charge in [0.05, 0.1) is 16.1 Å². The van der Waals surface area contributed by atoms with Crippen molar-refractivity contribution in [3.8, 4) is 0 Å². The molecule has 1 aliphatic rings. The standard InChI is InChI=1S/C16H32Si2/c1-13-9-15(11-17(3,4)5)16(10-14(13)2)12-18(6,7)8/h11-14H,9-10H2,1-8H3/b15-11+,16-12+. The lowest BCUT2D eigenvalue weighted by Crippen LogP contribution is -2.25. The largest absolute Gasteiger partial charge is 0.0916 e. The zero-order valence-corrected chi connectivity index (χ0v) is 15.7. The van der Waals surface area contributed by atoms with Crippen molar-refractivity contribution in [1.82, 2.24) is 0 Å². The third-order valence-electron chi connectivity index (χ3n) is 3.68. The van der Waals surface area contributed by atoms with Crippen LogP contribution in [0.1, 0.15) is 26.7 Å². The topological polar surface area (TPSA) is 0 Å². The fourth-order valence-corrected chi connectivity index (χ4v) is 5.40. The van der Waals surface area contributed by atoms with Gasteiger partial charge in [-0.25, -0.2) is 0 Å². The van der Waals surface area contributed by atoms with Crippen molar-refractivity contribution >= 4 is 16.1 Å². The van der Waals surface area contributed by atoms with E-state index in [9.17, 15) is 0 Å². The summed E-state index contributed by atoms with van der Waals surface area (Å²) in [6.45, 7) is 19.6. The minimum atomic E-state index is -1.10. The van der Waals surface area contributed by atoms with E-state index in [0.29, 0.717) is 0 Å². The number of hydrogen-bond acceptors (Lipinski definition) is 0. The Morgan fingerprint density at radius 3 is 1.22 bits per heavy atom. The van der Waals surface area contributed by atoms with Crippen LogP contribution in [-0.4, -0.2) is 16.1 Å². The van der Waals surface area contributed by atoms with E-state index in [4.69, 9.17) is 0 Å². The van der Waals surface area contributed by atoms with Crippen LogP contribution in [0.3, 0.4) is 0 Å². The first-order valence-corrected chi connectivity index (χ1v) is 14.6. The van der Waals surface area contributed by atoms with Crippen molar-refractivity contribution in [1.29, 1.82) is 0 Å². The van der Waals surface area contributed by atoms with Gasteiger partial charge in [-0.2, -0.15) is 0 Å². The summed E-state index contributed by atoms with van der Waals surface area (Å²) in [5, 5.41) is 0. The van der Waals surface area contributed by atoms with Gasteiger partial charge in [0.2, 0.25) is 0 Å². The maximum atomic E-state index is 2.65. The lowest BCUT2D eigenvalue weighted by Gasteiger charge is -2.33. The van der Waals surface area contributed by atoms with Gasteiger partial charge in [-0.05, 0) is 24.7 Å². The smallest absolute Gasteiger partial charge is 0.0690 e. The molecule has 0 heterocycles. The molecule has 18 heavy (non-hydrogen) atoms. The average Bonchev–Trinajstić information content (AvgIpc) is 2.08. The molecule has 0 aromatic heterocycles. The molecule has 2 unspecified atom stereocenters. The predicted molar refractivity (Wildman–Crippen MR) is 90.4 cm³/mol. The van der Waals surface area contributed by atoms with E-state index in [0.717, 1.165) is 11.8 Å². The Morgan fingerprint density at radius 2 is 1.00 bits per heavy atom. The molecule has 0 nitrogen and oxygen atoms in total. The Hall–Kier alpha value is -0.0862. The first-order valence-electron chi connectivity index (χ1n) is 7.42. The molecule has 1 rings (SSSR count). The highest BCUT2D eigenvalue weighted by Gasteiger charge is 2.26. The van der Waals surface area contributed by atoms with Gasteiger partial charge in [0.1, 0.15) is 0 Å². The van der Waals surface area contributed by atoms with Crippen molar-refractivity contribution in [3.05, 3.63) is 22.5 Å². The Balaban J connectivity index is 3.10. The molecule has 0 aromatic carbocycles. The lowest BCUT2D eigenvalue weighted by atomic mass is 9.77. The van der Waals surface area contributed by atoms with Crippen LogP contribution in [0.15, 0.2) is 22.5 Å². The summed E-state index contributed by atoms with van der Waals surface area (Å²) in [6, 6.07) is 0. The maximum Gasteiger partial charge on any atom is 0.0690 e. The van der Waals surface area contributed by atoms with Gasteiger partial charge < -0.3 is 0 Å². The summed E-state index contributed by atoms with van der Waals surface area (Å²) in [5.41, 5.74) is 8.70. The SMILES string of the molecule is CC1CC(=C\[Si](C)(C)C)/C(=C/[Si](C)(C)C)CC1C. The lowest BCUT2D eigenvalue weighted by molar-refractivity contribution is 0.359. The molecule has 0 bridgehead atoms. The average molecular weight is 281 g/mol. The maximum absolute atomic E-state index is 2.65. The predicted octanol–water partition coefficient (Wildman–Crippen LogP) is 5.66. The van der Waals surface area contributed by atoms with E-state index < -0.39 is 16.1 Å². The van der Waals surface area contributed by atoms with E-state index >= 15 is 0 Å². The Kier molecular flexibility index (Phi) is 4.88. The van der Waals surface area contributed by atoms with Crippen LogP contribution < -0.4 is 0 Å². The van der Waals surface area contributed by atoms with Crippen molar-refractivity contribution in [3.63, 3.8) is 0 Å². The Bertz CT molecular complexity index is 314. The van der Waals surface area contributed by atoms with E-state index in [1.54, 1.807) is 11.1 Å². The molecule has 0 N–H and O–H groups in total. The van der Waals surface area contributed by atoms with Crippen molar-refractivity contribution in [2.75, 3.05) is 0 Å². The van der Waals surface area contributed by atoms with Crippen molar-refractivity contribution < 1.29 is 0 Å². The molecule has 0 spiro atoms. The minimum absolute atomic E-state index is 0.853. The minimum Gasteiger partial charge on any atom is -0.0916 e. The quantitative estimate of drug-likeness (QED) is 0.573. The molecular weight excluding hydrogens is 248 g/mol. The fraction of sp³-hybridized carbons (Fsp3) is 0.750. The van der Waals surface area contributed by atoms with Gasteiger partial charge in [0.15, 0.2) is 0 Å². The molecule has 0 aromatic rings. The van der Waals surface area contributed by atoms with Crippen LogP contribution in [0.5, 0.6) is 0 Å². The first kappa shape index (κ1) is 16.0. The third kappa shape index (κ3) is 5.27. The third-order valence-corrected chi connectivity index (χ3v) is 6.11. The molecule has 0 amide bonds. The van der Waals surface area contributed by atoms with Gasteiger partial charge in [0, 0.05) is 0 Å². The van der Waals surface area contributed by atoms with Gasteiger partial charge in [0.25, 0.3) is 0 Å². The second-order valence-corrected chi connectivity index (χ2v) is 18.5. The van der Waals surface area contributed by atoms with Crippen LogP contribution in [-0.2, 0) is 0 Å². The Morgan fingerprint density at radius 1 is 0.722 bits per heavy atom. The van der Waals surface area contributed by atoms with Crippen molar-refractivity contribution in [2.45, 2.75) is 66.0 Å². The summed E-state index contributed by atoms with van der Waals surface area (Å²) < 4.78 is 0. The highest BCUT2D eigenvalue weighted by Crippen LogP contribution is 2.38. The molecule has 0 radical (unpaired) electrons. The highest BCUT2D eigenvalue weighted by atomic mass is 28.3.